The highest BCUT2D eigenvalue weighted by molar-refractivity contribution is 9.10. The Morgan fingerprint density at radius 3 is 2.56 bits per heavy atom. The Balaban J connectivity index is 1.96. The van der Waals surface area contributed by atoms with Gasteiger partial charge in [-0.2, -0.15) is 0 Å². The Hall–Kier alpha value is -2.09. The summed E-state index contributed by atoms with van der Waals surface area (Å²) < 4.78 is 6.39. The van der Waals surface area contributed by atoms with Gasteiger partial charge >= 0.3 is 6.09 Å². The van der Waals surface area contributed by atoms with Crippen LogP contribution < -0.4 is 20.9 Å². The molecule has 0 radical (unpaired) electrons. The van der Waals surface area contributed by atoms with Gasteiger partial charge in [-0.3, -0.25) is 0 Å². The van der Waals surface area contributed by atoms with Crippen molar-refractivity contribution in [1.29, 1.82) is 0 Å². The van der Waals surface area contributed by atoms with Crippen molar-refractivity contribution < 1.29 is 9.53 Å². The van der Waals surface area contributed by atoms with Crippen LogP contribution in [-0.2, 0) is 4.74 Å². The molecule has 1 aromatic rings. The SMILES string of the molecule is CN/C(=C\NC1CN(C(=O)OC(C)(C)C)C1)N(C)c1cccc(Br)c1NC. The van der Waals surface area contributed by atoms with E-state index in [0.29, 0.717) is 13.1 Å². The number of likely N-dealkylation sites (tertiary alicyclic amines) is 1. The normalized spacial score (nSPS) is 15.1. The number of hydrogen-bond donors (Lipinski definition) is 3. The number of para-hydroxylation sites is 1. The van der Waals surface area contributed by atoms with E-state index in [2.05, 4.69) is 42.8 Å². The lowest BCUT2D eigenvalue weighted by molar-refractivity contribution is 0.00658. The molecule has 150 valence electrons. The van der Waals surface area contributed by atoms with Gasteiger partial charge in [0.05, 0.1) is 17.4 Å². The molecule has 1 aromatic carbocycles. The molecule has 1 aliphatic rings. The van der Waals surface area contributed by atoms with Gasteiger partial charge in [0.2, 0.25) is 0 Å². The highest BCUT2D eigenvalue weighted by Gasteiger charge is 2.33. The first-order chi connectivity index (χ1) is 12.7. The molecule has 0 atom stereocenters. The molecular formula is C19H30BrN5O2. The Kier molecular flexibility index (Phi) is 6.86. The van der Waals surface area contributed by atoms with Crippen LogP contribution in [0, 0.1) is 0 Å². The van der Waals surface area contributed by atoms with E-state index in [-0.39, 0.29) is 12.1 Å². The molecule has 27 heavy (non-hydrogen) atoms. The Labute approximate surface area is 170 Å². The van der Waals surface area contributed by atoms with E-state index in [0.717, 1.165) is 21.7 Å². The summed E-state index contributed by atoms with van der Waals surface area (Å²) in [6.07, 6.45) is 1.68. The van der Waals surface area contributed by atoms with Gasteiger partial charge in [0.25, 0.3) is 0 Å². The third-order valence-corrected chi connectivity index (χ3v) is 4.87. The summed E-state index contributed by atoms with van der Waals surface area (Å²) in [6, 6.07) is 6.27. The highest BCUT2D eigenvalue weighted by atomic mass is 79.9. The maximum absolute atomic E-state index is 12.0. The number of anilines is 2. The lowest BCUT2D eigenvalue weighted by Crippen LogP contribution is -2.59. The van der Waals surface area contributed by atoms with Gasteiger partial charge in [-0.1, -0.05) is 6.07 Å². The number of hydrogen-bond acceptors (Lipinski definition) is 6. The Morgan fingerprint density at radius 1 is 1.33 bits per heavy atom. The van der Waals surface area contributed by atoms with E-state index in [9.17, 15) is 4.79 Å². The lowest BCUT2D eigenvalue weighted by Gasteiger charge is -2.40. The van der Waals surface area contributed by atoms with Crippen molar-refractivity contribution >= 4 is 33.4 Å². The maximum atomic E-state index is 12.0. The van der Waals surface area contributed by atoms with E-state index in [1.165, 1.54) is 0 Å². The van der Waals surface area contributed by atoms with Crippen LogP contribution in [0.25, 0.3) is 0 Å². The monoisotopic (exact) mass is 439 g/mol. The van der Waals surface area contributed by atoms with Crippen LogP contribution in [-0.4, -0.2) is 56.9 Å². The van der Waals surface area contributed by atoms with Crippen LogP contribution in [0.2, 0.25) is 0 Å². The number of halogens is 1. The standard InChI is InChI=1S/C19H30BrN5O2/c1-19(2,3)27-18(26)25-11-13(12-25)23-10-16(21-4)24(6)15-9-7-8-14(20)17(15)22-5/h7-10,13,21-23H,11-12H2,1-6H3/b16-10+. The molecule has 1 amide bonds. The summed E-state index contributed by atoms with van der Waals surface area (Å²) in [5.41, 5.74) is 1.59. The van der Waals surface area contributed by atoms with Crippen LogP contribution >= 0.6 is 15.9 Å². The molecule has 0 aromatic heterocycles. The highest BCUT2D eigenvalue weighted by Crippen LogP contribution is 2.33. The number of nitrogens with one attached hydrogen (secondary N) is 3. The van der Waals surface area contributed by atoms with Gasteiger partial charge in [0.15, 0.2) is 0 Å². The van der Waals surface area contributed by atoms with Crippen molar-refractivity contribution in [3.63, 3.8) is 0 Å². The molecule has 1 aliphatic heterocycles. The summed E-state index contributed by atoms with van der Waals surface area (Å²) in [5.74, 6) is 0.917. The van der Waals surface area contributed by atoms with E-state index in [1.807, 2.05) is 60.2 Å². The number of ether oxygens (including phenoxy) is 1. The zero-order valence-corrected chi connectivity index (χ0v) is 18.5. The maximum Gasteiger partial charge on any atom is 0.410 e. The summed E-state index contributed by atoms with van der Waals surface area (Å²) in [4.78, 5) is 15.8. The van der Waals surface area contributed by atoms with Crippen molar-refractivity contribution in [2.45, 2.75) is 32.4 Å². The second kappa shape index (κ2) is 8.73. The molecule has 0 saturated carbocycles. The van der Waals surface area contributed by atoms with Gasteiger partial charge in [0, 0.05) is 44.9 Å². The smallest absolute Gasteiger partial charge is 0.410 e. The van der Waals surface area contributed by atoms with Crippen molar-refractivity contribution in [3.8, 4) is 0 Å². The fourth-order valence-electron chi connectivity index (χ4n) is 2.76. The van der Waals surface area contributed by atoms with Crippen LogP contribution in [0.5, 0.6) is 0 Å². The molecule has 2 rings (SSSR count). The molecule has 0 unspecified atom stereocenters. The van der Waals surface area contributed by atoms with Gasteiger partial charge < -0.3 is 30.5 Å². The average Bonchev–Trinajstić information content (AvgIpc) is 2.54. The number of amides is 1. The van der Waals surface area contributed by atoms with Crippen LogP contribution in [0.3, 0.4) is 0 Å². The summed E-state index contributed by atoms with van der Waals surface area (Å²) in [7, 11) is 5.79. The van der Waals surface area contributed by atoms with E-state index >= 15 is 0 Å². The summed E-state index contributed by atoms with van der Waals surface area (Å²) in [5, 5.41) is 9.81. The zero-order valence-electron chi connectivity index (χ0n) is 16.9. The molecule has 0 bridgehead atoms. The molecule has 3 N–H and O–H groups in total. The van der Waals surface area contributed by atoms with Gasteiger partial charge in [-0.15, -0.1) is 0 Å². The van der Waals surface area contributed by atoms with Crippen LogP contribution in [0.15, 0.2) is 34.7 Å². The minimum absolute atomic E-state index is 0.209. The number of carbonyl (C=O) groups is 1. The van der Waals surface area contributed by atoms with E-state index in [4.69, 9.17) is 4.74 Å². The van der Waals surface area contributed by atoms with Crippen LogP contribution in [0.4, 0.5) is 16.2 Å². The van der Waals surface area contributed by atoms with Crippen molar-refractivity contribution in [2.75, 3.05) is 44.4 Å². The third kappa shape index (κ3) is 5.45. The van der Waals surface area contributed by atoms with Crippen molar-refractivity contribution in [2.24, 2.45) is 0 Å². The molecule has 7 nitrogen and oxygen atoms in total. The largest absolute Gasteiger partial charge is 0.444 e. The number of nitrogens with zero attached hydrogens (tertiary/aromatic N) is 2. The second-order valence-corrected chi connectivity index (χ2v) is 8.33. The predicted molar refractivity (Wildman–Crippen MR) is 114 cm³/mol. The first-order valence-corrected chi connectivity index (χ1v) is 9.77. The predicted octanol–water partition coefficient (Wildman–Crippen LogP) is 3.15. The fraction of sp³-hybridized carbons (Fsp3) is 0.526. The summed E-state index contributed by atoms with van der Waals surface area (Å²) in [6.45, 7) is 6.88. The van der Waals surface area contributed by atoms with Crippen LogP contribution in [0.1, 0.15) is 20.8 Å². The minimum Gasteiger partial charge on any atom is -0.444 e. The fourth-order valence-corrected chi connectivity index (χ4v) is 3.32. The Morgan fingerprint density at radius 2 is 2.00 bits per heavy atom. The van der Waals surface area contributed by atoms with Gasteiger partial charge in [-0.25, -0.2) is 4.79 Å². The quantitative estimate of drug-likeness (QED) is 0.632. The molecule has 1 fully saturated rings. The van der Waals surface area contributed by atoms with Crippen molar-refractivity contribution in [1.82, 2.24) is 15.5 Å². The third-order valence-electron chi connectivity index (χ3n) is 4.21. The molecule has 8 heteroatoms. The molecule has 1 heterocycles. The first-order valence-electron chi connectivity index (χ1n) is 8.98. The van der Waals surface area contributed by atoms with Gasteiger partial charge in [0.1, 0.15) is 11.4 Å². The molecular weight excluding hydrogens is 410 g/mol. The lowest BCUT2D eigenvalue weighted by atomic mass is 10.1. The molecule has 1 saturated heterocycles. The zero-order chi connectivity index (χ0) is 20.2. The number of carbonyl (C=O) groups excluding carboxylic acids is 1. The van der Waals surface area contributed by atoms with Crippen molar-refractivity contribution in [3.05, 3.63) is 34.7 Å². The van der Waals surface area contributed by atoms with E-state index < -0.39 is 5.60 Å². The topological polar surface area (TPSA) is 68.9 Å². The molecule has 0 aliphatic carbocycles. The van der Waals surface area contributed by atoms with E-state index in [1.54, 1.807) is 4.90 Å². The number of benzene rings is 1. The van der Waals surface area contributed by atoms with Gasteiger partial charge in [-0.05, 0) is 48.8 Å². The average molecular weight is 440 g/mol. The summed E-state index contributed by atoms with van der Waals surface area (Å²) >= 11 is 3.58. The second-order valence-electron chi connectivity index (χ2n) is 7.47. The first kappa shape index (κ1) is 21.2. The Bertz CT molecular complexity index is 696. The minimum atomic E-state index is -0.466. The molecule has 0 spiro atoms. The number of rotatable bonds is 6.